The smallest absolute Gasteiger partial charge is 0.413 e. The highest BCUT2D eigenvalue weighted by atomic mass is 16.8. The van der Waals surface area contributed by atoms with E-state index in [1.165, 1.54) is 6.33 Å². The summed E-state index contributed by atoms with van der Waals surface area (Å²) in [4.78, 5) is 65.1. The minimum absolute atomic E-state index is 0.0626. The third-order valence-corrected chi connectivity index (χ3v) is 9.01. The average Bonchev–Trinajstić information content (AvgIpc) is 3.66. The van der Waals surface area contributed by atoms with E-state index >= 15 is 0 Å². The molecule has 0 radical (unpaired) electrons. The monoisotopic (exact) mass is 790 g/mol. The number of imidazole rings is 1. The van der Waals surface area contributed by atoms with Gasteiger partial charge in [0, 0.05) is 25.7 Å². The first-order chi connectivity index (χ1) is 25.8. The molecule has 1 unspecified atom stereocenters. The summed E-state index contributed by atoms with van der Waals surface area (Å²) in [6, 6.07) is -1.28. The number of nitrogens with one attached hydrogen (secondary N) is 3. The minimum atomic E-state index is -1.22. The summed E-state index contributed by atoms with van der Waals surface area (Å²) in [5, 5.41) is 18.1. The molecule has 1 saturated carbocycles. The third-order valence-electron chi connectivity index (χ3n) is 9.01. The van der Waals surface area contributed by atoms with Gasteiger partial charge in [0.2, 0.25) is 0 Å². The molecule has 4 N–H and O–H groups in total. The summed E-state index contributed by atoms with van der Waals surface area (Å²) in [5.74, 6) is -1.80. The topological polar surface area (TPSA) is 227 Å². The van der Waals surface area contributed by atoms with Gasteiger partial charge >= 0.3 is 24.2 Å². The Kier molecular flexibility index (Phi) is 12.4. The number of ether oxygens (including phenoxy) is 6. The molecule has 3 aliphatic rings. The lowest BCUT2D eigenvalue weighted by molar-refractivity contribution is -0.198. The molecule has 2 saturated heterocycles. The second kappa shape index (κ2) is 16.3. The fourth-order valence-corrected chi connectivity index (χ4v) is 6.93. The highest BCUT2D eigenvalue weighted by Gasteiger charge is 2.56. The van der Waals surface area contributed by atoms with Crippen LogP contribution in [0.25, 0.3) is 11.2 Å². The van der Waals surface area contributed by atoms with Gasteiger partial charge in [-0.3, -0.25) is 9.88 Å². The van der Waals surface area contributed by atoms with Gasteiger partial charge in [0.15, 0.2) is 29.0 Å². The molecule has 0 spiro atoms. The number of anilines is 1. The van der Waals surface area contributed by atoms with E-state index in [9.17, 15) is 24.3 Å². The number of carbonyl (C=O) groups excluding carboxylic acids is 3. The van der Waals surface area contributed by atoms with Crippen LogP contribution in [0, 0.1) is 5.92 Å². The van der Waals surface area contributed by atoms with E-state index in [1.807, 2.05) is 13.8 Å². The van der Waals surface area contributed by atoms with Gasteiger partial charge in [-0.15, -0.1) is 0 Å². The molecule has 56 heavy (non-hydrogen) atoms. The van der Waals surface area contributed by atoms with Crippen molar-refractivity contribution in [3.63, 3.8) is 0 Å². The molecule has 0 aromatic carbocycles. The zero-order valence-corrected chi connectivity index (χ0v) is 34.2. The molecule has 5 rings (SSSR count). The molecule has 19 nitrogen and oxygen atoms in total. The van der Waals surface area contributed by atoms with E-state index in [1.54, 1.807) is 73.2 Å². The number of aliphatic carboxylic acids is 1. The fourth-order valence-electron chi connectivity index (χ4n) is 6.93. The van der Waals surface area contributed by atoms with Crippen LogP contribution in [0.1, 0.15) is 102 Å². The Morgan fingerprint density at radius 2 is 1.50 bits per heavy atom. The predicted octanol–water partition coefficient (Wildman–Crippen LogP) is 4.56. The Morgan fingerprint density at radius 3 is 2.12 bits per heavy atom. The Balaban J connectivity index is 1.34. The standard InChI is InChI=1S/C37H58N8O11/c1-34(2,3)54-31(48)41-21-14-20(15-21)16-44(13-12-22(30(46)47)42-32(49)55-35(4,5)6)17-23-25-26(53-37(10,11)52-25)29(51-23)45-19-40-24-27(38-18-39-28(24)45)43-33(50)56-36(7,8)9/h18-23,25-26,29H,12-17H2,1-11H3,(H,41,48)(H,42,49)(H,46,47)(H,38,39,43,50)/t20?,21?,22?,23-,25-,26-,29-/m1/s1. The molecule has 3 amide bonds. The Bertz CT molecular complexity index is 1740. The number of alkyl carbamates (subject to hydrolysis) is 2. The van der Waals surface area contributed by atoms with Crippen LogP contribution in [0.3, 0.4) is 0 Å². The molecular formula is C37H58N8O11. The van der Waals surface area contributed by atoms with Crippen molar-refractivity contribution >= 4 is 41.2 Å². The highest BCUT2D eigenvalue weighted by Crippen LogP contribution is 2.44. The Hall–Kier alpha value is -4.33. The van der Waals surface area contributed by atoms with E-state index in [0.29, 0.717) is 37.1 Å². The quantitative estimate of drug-likeness (QED) is 0.216. The van der Waals surface area contributed by atoms with Crippen LogP contribution < -0.4 is 16.0 Å². The zero-order valence-electron chi connectivity index (χ0n) is 34.2. The molecule has 2 aromatic heterocycles. The maximum absolute atomic E-state index is 12.6. The number of fused-ring (bicyclic) bond motifs is 2. The summed E-state index contributed by atoms with van der Waals surface area (Å²) in [7, 11) is 0. The van der Waals surface area contributed by atoms with Crippen LogP contribution in [0.4, 0.5) is 20.2 Å². The second-order valence-electron chi connectivity index (χ2n) is 18.1. The van der Waals surface area contributed by atoms with E-state index in [-0.39, 0.29) is 30.7 Å². The highest BCUT2D eigenvalue weighted by molar-refractivity contribution is 5.93. The Morgan fingerprint density at radius 1 is 0.893 bits per heavy atom. The number of hydrogen-bond acceptors (Lipinski definition) is 14. The van der Waals surface area contributed by atoms with Gasteiger partial charge < -0.3 is 49.1 Å². The maximum atomic E-state index is 12.6. The largest absolute Gasteiger partial charge is 0.480 e. The molecule has 2 aliphatic heterocycles. The number of amides is 3. The predicted molar refractivity (Wildman–Crippen MR) is 201 cm³/mol. The molecular weight excluding hydrogens is 732 g/mol. The average molecular weight is 791 g/mol. The summed E-state index contributed by atoms with van der Waals surface area (Å²) in [5.41, 5.74) is -1.45. The summed E-state index contributed by atoms with van der Waals surface area (Å²) in [6.45, 7) is 20.6. The number of carboxylic acid groups (broad SMARTS) is 1. The van der Waals surface area contributed by atoms with E-state index in [4.69, 9.17) is 28.4 Å². The summed E-state index contributed by atoms with van der Waals surface area (Å²) in [6.07, 6.45) is -0.0828. The molecule has 19 heteroatoms. The number of nitrogens with zero attached hydrogens (tertiary/aromatic N) is 5. The fraction of sp³-hybridized carbons (Fsp3) is 0.757. The number of rotatable bonds is 12. The van der Waals surface area contributed by atoms with Gasteiger partial charge in [-0.05, 0) is 101 Å². The zero-order chi connectivity index (χ0) is 41.4. The lowest BCUT2D eigenvalue weighted by atomic mass is 9.80. The first-order valence-electron chi connectivity index (χ1n) is 19.0. The van der Waals surface area contributed by atoms with Crippen LogP contribution >= 0.6 is 0 Å². The summed E-state index contributed by atoms with van der Waals surface area (Å²) < 4.78 is 37.4. The molecule has 1 aliphatic carbocycles. The molecule has 3 fully saturated rings. The molecule has 4 heterocycles. The summed E-state index contributed by atoms with van der Waals surface area (Å²) >= 11 is 0. The van der Waals surface area contributed by atoms with Crippen LogP contribution in [0.2, 0.25) is 0 Å². The maximum Gasteiger partial charge on any atom is 0.413 e. The van der Waals surface area contributed by atoms with Crippen molar-refractivity contribution in [3.05, 3.63) is 12.7 Å². The first-order valence-corrected chi connectivity index (χ1v) is 19.0. The van der Waals surface area contributed by atoms with Crippen molar-refractivity contribution in [1.82, 2.24) is 35.1 Å². The van der Waals surface area contributed by atoms with E-state index in [2.05, 4.69) is 35.8 Å². The lowest BCUT2D eigenvalue weighted by Gasteiger charge is -2.40. The van der Waals surface area contributed by atoms with Crippen molar-refractivity contribution in [1.29, 1.82) is 0 Å². The number of carbonyl (C=O) groups is 4. The lowest BCUT2D eigenvalue weighted by Crippen LogP contribution is -2.51. The van der Waals surface area contributed by atoms with E-state index in [0.717, 1.165) is 0 Å². The van der Waals surface area contributed by atoms with Gasteiger partial charge in [-0.25, -0.2) is 34.1 Å². The molecule has 312 valence electrons. The first kappa shape index (κ1) is 42.8. The molecule has 0 bridgehead atoms. The second-order valence-corrected chi connectivity index (χ2v) is 18.1. The van der Waals surface area contributed by atoms with Crippen molar-refractivity contribution in [2.75, 3.05) is 25.0 Å². The van der Waals surface area contributed by atoms with E-state index < -0.39 is 77.4 Å². The van der Waals surface area contributed by atoms with Crippen LogP contribution in [0.5, 0.6) is 0 Å². The van der Waals surface area contributed by atoms with Crippen molar-refractivity contribution in [3.8, 4) is 0 Å². The molecule has 2 aromatic rings. The SMILES string of the molecule is CC(C)(C)OC(=O)Nc1ncnc2c1ncn2[C@@H]1O[C@H](CN(CCC(NC(=O)OC(C)(C)C)C(=O)O)CC2CC(NC(=O)OC(C)(C)C)C2)[C@H]2OC(C)(C)O[C@H]21. The van der Waals surface area contributed by atoms with Crippen LogP contribution in [0.15, 0.2) is 12.7 Å². The van der Waals surface area contributed by atoms with Crippen LogP contribution in [-0.4, -0.2) is 126 Å². The number of hydrogen-bond donors (Lipinski definition) is 4. The Labute approximate surface area is 326 Å². The molecule has 5 atom stereocenters. The third kappa shape index (κ3) is 11.6. The van der Waals surface area contributed by atoms with Gasteiger partial charge in [-0.1, -0.05) is 0 Å². The number of carboxylic acids is 1. The van der Waals surface area contributed by atoms with Crippen molar-refractivity contribution in [2.24, 2.45) is 5.92 Å². The van der Waals surface area contributed by atoms with Crippen molar-refractivity contribution in [2.45, 2.75) is 155 Å². The van der Waals surface area contributed by atoms with Crippen LogP contribution in [-0.2, 0) is 33.2 Å². The van der Waals surface area contributed by atoms with Gasteiger partial charge in [0.1, 0.15) is 47.5 Å². The number of aromatic nitrogens is 4. The van der Waals surface area contributed by atoms with Gasteiger partial charge in [0.25, 0.3) is 0 Å². The normalized spacial score (nSPS) is 25.2. The minimum Gasteiger partial charge on any atom is -0.480 e. The van der Waals surface area contributed by atoms with Gasteiger partial charge in [-0.2, -0.15) is 0 Å². The van der Waals surface area contributed by atoms with Crippen molar-refractivity contribution < 1.29 is 52.7 Å². The van der Waals surface area contributed by atoms with Gasteiger partial charge in [0.05, 0.1) is 6.33 Å².